The molecule has 27 heavy (non-hydrogen) atoms. The summed E-state index contributed by atoms with van der Waals surface area (Å²) in [6.07, 6.45) is -8.33. The van der Waals surface area contributed by atoms with E-state index in [1.807, 2.05) is 0 Å². The van der Waals surface area contributed by atoms with Gasteiger partial charge in [0.1, 0.15) is 6.10 Å². The molecular formula is C16H24O11. The number of methoxy groups -OCH3 is 1. The van der Waals surface area contributed by atoms with Crippen LogP contribution in [-0.4, -0.2) is 79.5 Å². The van der Waals surface area contributed by atoms with Crippen LogP contribution in [0.25, 0.3) is 0 Å². The minimum Gasteiger partial charge on any atom is -0.457 e. The maximum atomic E-state index is 11.6. The van der Waals surface area contributed by atoms with Crippen molar-refractivity contribution in [1.82, 2.24) is 0 Å². The highest BCUT2D eigenvalue weighted by Crippen LogP contribution is 2.30. The summed E-state index contributed by atoms with van der Waals surface area (Å²) in [6, 6.07) is 0. The van der Waals surface area contributed by atoms with E-state index < -0.39 is 60.7 Å². The normalized spacial score (nSPS) is 28.6. The summed E-state index contributed by atoms with van der Waals surface area (Å²) in [5.74, 6) is -3.00. The van der Waals surface area contributed by atoms with E-state index in [4.69, 9.17) is 28.4 Å². The van der Waals surface area contributed by atoms with E-state index in [0.717, 1.165) is 27.7 Å². The third-order valence-electron chi connectivity index (χ3n) is 3.47. The molecule has 1 saturated heterocycles. The topological polar surface area (TPSA) is 144 Å². The predicted molar refractivity (Wildman–Crippen MR) is 85.0 cm³/mol. The molecule has 6 atom stereocenters. The number of rotatable bonds is 7. The van der Waals surface area contributed by atoms with E-state index in [0.29, 0.717) is 0 Å². The highest BCUT2D eigenvalue weighted by molar-refractivity contribution is 5.68. The molecule has 0 aromatic carbocycles. The molecular weight excluding hydrogens is 368 g/mol. The molecule has 0 spiro atoms. The smallest absolute Gasteiger partial charge is 0.303 e. The van der Waals surface area contributed by atoms with Gasteiger partial charge in [-0.3, -0.25) is 19.2 Å². The quantitative estimate of drug-likeness (QED) is 0.424. The molecule has 1 aliphatic heterocycles. The second-order valence-corrected chi connectivity index (χ2v) is 5.82. The van der Waals surface area contributed by atoms with Crippen molar-refractivity contribution >= 4 is 23.9 Å². The van der Waals surface area contributed by atoms with Crippen LogP contribution in [0, 0.1) is 0 Å². The van der Waals surface area contributed by atoms with Crippen LogP contribution in [0.3, 0.4) is 0 Å². The number of hydrogen-bond donors (Lipinski definition) is 1. The van der Waals surface area contributed by atoms with Gasteiger partial charge in [-0.1, -0.05) is 0 Å². The van der Waals surface area contributed by atoms with Gasteiger partial charge in [-0.05, 0) is 0 Å². The second-order valence-electron chi connectivity index (χ2n) is 5.82. The molecule has 11 heteroatoms. The summed E-state index contributed by atoms with van der Waals surface area (Å²) < 4.78 is 30.8. The molecule has 1 aliphatic rings. The summed E-state index contributed by atoms with van der Waals surface area (Å²) in [5, 5.41) is 10.3. The first-order valence-electron chi connectivity index (χ1n) is 8.08. The van der Waals surface area contributed by atoms with Crippen LogP contribution < -0.4 is 0 Å². The fourth-order valence-electron chi connectivity index (χ4n) is 2.69. The SMILES string of the molecule is COCC(OC(C)=O)C1OC(O)C(OC(C)=O)C(OC(C)=O)C1OC(C)=O. The Morgan fingerprint density at radius 1 is 0.852 bits per heavy atom. The van der Waals surface area contributed by atoms with E-state index in [-0.39, 0.29) is 6.61 Å². The van der Waals surface area contributed by atoms with Gasteiger partial charge in [-0.2, -0.15) is 0 Å². The predicted octanol–water partition coefficient (Wildman–Crippen LogP) is -0.923. The van der Waals surface area contributed by atoms with Gasteiger partial charge in [0.05, 0.1) is 6.61 Å². The van der Waals surface area contributed by atoms with Gasteiger partial charge in [-0.15, -0.1) is 0 Å². The Balaban J connectivity index is 3.31. The van der Waals surface area contributed by atoms with Gasteiger partial charge in [0.15, 0.2) is 30.7 Å². The average molecular weight is 392 g/mol. The molecule has 0 aliphatic carbocycles. The van der Waals surface area contributed by atoms with Gasteiger partial charge >= 0.3 is 23.9 Å². The number of esters is 4. The first kappa shape index (κ1) is 22.8. The molecule has 11 nitrogen and oxygen atoms in total. The molecule has 154 valence electrons. The van der Waals surface area contributed by atoms with Crippen LogP contribution in [0.1, 0.15) is 27.7 Å². The van der Waals surface area contributed by atoms with E-state index in [1.54, 1.807) is 0 Å². The monoisotopic (exact) mass is 392 g/mol. The number of carbonyl (C=O) groups excluding carboxylic acids is 4. The Hall–Kier alpha value is -2.24. The summed E-state index contributed by atoms with van der Waals surface area (Å²) in [7, 11) is 1.34. The molecule has 1 rings (SSSR count). The van der Waals surface area contributed by atoms with Crippen molar-refractivity contribution in [2.45, 2.75) is 64.5 Å². The molecule has 0 aromatic heterocycles. The van der Waals surface area contributed by atoms with E-state index in [2.05, 4.69) is 0 Å². The van der Waals surface area contributed by atoms with Gasteiger partial charge in [0.25, 0.3) is 0 Å². The molecule has 0 radical (unpaired) electrons. The van der Waals surface area contributed by atoms with Gasteiger partial charge in [0.2, 0.25) is 0 Å². The van der Waals surface area contributed by atoms with Crippen molar-refractivity contribution in [2.24, 2.45) is 0 Å². The van der Waals surface area contributed by atoms with Crippen molar-refractivity contribution in [3.05, 3.63) is 0 Å². The fraction of sp³-hybridized carbons (Fsp3) is 0.750. The van der Waals surface area contributed by atoms with E-state index in [9.17, 15) is 24.3 Å². The van der Waals surface area contributed by atoms with Crippen molar-refractivity contribution < 1.29 is 52.7 Å². The summed E-state index contributed by atoms with van der Waals surface area (Å²) in [4.78, 5) is 45.8. The Morgan fingerprint density at radius 3 is 1.78 bits per heavy atom. The van der Waals surface area contributed by atoms with Gasteiger partial charge in [0, 0.05) is 34.8 Å². The van der Waals surface area contributed by atoms with Crippen molar-refractivity contribution in [3.8, 4) is 0 Å². The Kier molecular flexibility index (Phi) is 8.60. The van der Waals surface area contributed by atoms with Crippen LogP contribution in [0.2, 0.25) is 0 Å². The fourth-order valence-corrected chi connectivity index (χ4v) is 2.69. The van der Waals surface area contributed by atoms with Crippen LogP contribution in [0.15, 0.2) is 0 Å². The Labute approximate surface area is 155 Å². The number of aliphatic hydroxyl groups is 1. The lowest BCUT2D eigenvalue weighted by Gasteiger charge is -2.44. The minimum absolute atomic E-state index is 0.167. The lowest BCUT2D eigenvalue weighted by atomic mass is 9.94. The molecule has 1 fully saturated rings. The van der Waals surface area contributed by atoms with Crippen molar-refractivity contribution in [1.29, 1.82) is 0 Å². The van der Waals surface area contributed by atoms with Crippen molar-refractivity contribution in [2.75, 3.05) is 13.7 Å². The van der Waals surface area contributed by atoms with Crippen LogP contribution >= 0.6 is 0 Å². The van der Waals surface area contributed by atoms with Gasteiger partial charge in [-0.25, -0.2) is 0 Å². The second kappa shape index (κ2) is 10.2. The van der Waals surface area contributed by atoms with E-state index in [1.165, 1.54) is 7.11 Å². The average Bonchev–Trinajstić information content (AvgIpc) is 2.51. The van der Waals surface area contributed by atoms with Crippen LogP contribution in [-0.2, 0) is 47.6 Å². The maximum absolute atomic E-state index is 11.6. The molecule has 0 aromatic rings. The molecule has 0 amide bonds. The molecule has 0 saturated carbocycles. The number of ether oxygens (including phenoxy) is 6. The van der Waals surface area contributed by atoms with Crippen LogP contribution in [0.5, 0.6) is 0 Å². The zero-order valence-electron chi connectivity index (χ0n) is 15.7. The van der Waals surface area contributed by atoms with Crippen LogP contribution in [0.4, 0.5) is 0 Å². The minimum atomic E-state index is -1.75. The van der Waals surface area contributed by atoms with Crippen molar-refractivity contribution in [3.63, 3.8) is 0 Å². The zero-order chi connectivity index (χ0) is 20.7. The molecule has 0 bridgehead atoms. The standard InChI is InChI=1S/C16H24O11/c1-7(17)23-11(6-22-5)12-13(24-8(2)18)14(25-9(3)19)15(16(21)27-12)26-10(4)20/h11-16,21H,6H2,1-5H3. The lowest BCUT2D eigenvalue weighted by molar-refractivity contribution is -0.306. The lowest BCUT2D eigenvalue weighted by Crippen LogP contribution is -2.64. The molecule has 1 heterocycles. The highest BCUT2D eigenvalue weighted by Gasteiger charge is 2.54. The molecule has 1 N–H and O–H groups in total. The largest absolute Gasteiger partial charge is 0.457 e. The maximum Gasteiger partial charge on any atom is 0.303 e. The summed E-state index contributed by atoms with van der Waals surface area (Å²) in [5.41, 5.74) is 0. The Bertz CT molecular complexity index is 561. The number of carbonyl (C=O) groups is 4. The first-order valence-corrected chi connectivity index (χ1v) is 8.08. The Morgan fingerprint density at radius 2 is 1.33 bits per heavy atom. The summed E-state index contributed by atoms with van der Waals surface area (Å²) in [6.45, 7) is 4.25. The summed E-state index contributed by atoms with van der Waals surface area (Å²) >= 11 is 0. The number of hydrogen-bond acceptors (Lipinski definition) is 11. The molecule has 6 unspecified atom stereocenters. The third-order valence-corrected chi connectivity index (χ3v) is 3.47. The van der Waals surface area contributed by atoms with Gasteiger partial charge < -0.3 is 33.5 Å². The highest BCUT2D eigenvalue weighted by atomic mass is 16.7. The first-order chi connectivity index (χ1) is 12.6. The number of aliphatic hydroxyl groups excluding tert-OH is 1. The zero-order valence-corrected chi connectivity index (χ0v) is 15.7. The van der Waals surface area contributed by atoms with E-state index >= 15 is 0 Å². The third kappa shape index (κ3) is 6.77.